The van der Waals surface area contributed by atoms with Crippen molar-refractivity contribution in [3.63, 3.8) is 0 Å². The number of amides is 1. The molecule has 1 saturated carbocycles. The molecular formula is C33H35FN2O8. The van der Waals surface area contributed by atoms with Gasteiger partial charge in [0.1, 0.15) is 11.9 Å². The molecule has 44 heavy (non-hydrogen) atoms. The highest BCUT2D eigenvalue weighted by molar-refractivity contribution is 5.93. The van der Waals surface area contributed by atoms with Gasteiger partial charge in [0.15, 0.2) is 23.9 Å². The number of fused-ring (bicyclic) bond motifs is 2. The van der Waals surface area contributed by atoms with Crippen molar-refractivity contribution in [2.45, 2.75) is 77.4 Å². The van der Waals surface area contributed by atoms with Crippen molar-refractivity contribution < 1.29 is 37.1 Å². The van der Waals surface area contributed by atoms with Gasteiger partial charge in [-0.15, -0.1) is 0 Å². The van der Waals surface area contributed by atoms with Gasteiger partial charge in [0, 0.05) is 36.9 Å². The fraction of sp³-hybridized carbons (Fsp3) is 0.485. The molecule has 1 atom stereocenters. The number of esters is 1. The predicted octanol–water partition coefficient (Wildman–Crippen LogP) is 4.31. The van der Waals surface area contributed by atoms with Gasteiger partial charge in [0.25, 0.3) is 0 Å². The molecule has 0 spiro atoms. The number of ether oxygens (including phenoxy) is 2. The molecule has 1 fully saturated rings. The standard InChI is InChI=1S/C33H35FN2O8/c1-17-26(44-32(40)43-17)16-42-31(39)21-14-20(15-21)30(38)36-10-8-24-22(5-6-27(35-24)41-4)29(36)25(37)13-18-11-19-7-9-33(2,3)28(19)23(34)12-18/h5-6,11-12,20-21,29H,7-10,13-16H2,1-4H3. The smallest absolute Gasteiger partial charge is 0.481 e. The first-order valence-electron chi connectivity index (χ1n) is 14.9. The monoisotopic (exact) mass is 606 g/mol. The summed E-state index contributed by atoms with van der Waals surface area (Å²) >= 11 is 0. The Morgan fingerprint density at radius 1 is 1.11 bits per heavy atom. The summed E-state index contributed by atoms with van der Waals surface area (Å²) in [6.45, 7) is 5.64. The number of Topliss-reactive ketones (excluding diaryl/α,β-unsaturated/α-hetero) is 1. The third-order valence-electron chi connectivity index (χ3n) is 9.28. The SMILES string of the molecule is COc1ccc2c(n1)CCN(C(=O)C1CC(C(=O)OCc3oc(=O)oc3C)C1)C2C(=O)Cc1cc(F)c2c(c1)CCC2(C)C. The topological polar surface area (TPSA) is 129 Å². The van der Waals surface area contributed by atoms with Crippen molar-refractivity contribution in [2.24, 2.45) is 11.8 Å². The number of rotatable bonds is 8. The minimum atomic E-state index is -0.893. The molecule has 0 radical (unpaired) electrons. The third-order valence-corrected chi connectivity index (χ3v) is 9.28. The number of ketones is 1. The molecule has 3 aliphatic rings. The average Bonchev–Trinajstić information content (AvgIpc) is 3.45. The van der Waals surface area contributed by atoms with Crippen molar-refractivity contribution in [3.05, 3.63) is 80.2 Å². The summed E-state index contributed by atoms with van der Waals surface area (Å²) in [6.07, 6.45) is 2.57. The Morgan fingerprint density at radius 2 is 1.89 bits per heavy atom. The maximum absolute atomic E-state index is 15.2. The van der Waals surface area contributed by atoms with Crippen LogP contribution in [0.1, 0.15) is 78.6 Å². The van der Waals surface area contributed by atoms with Crippen LogP contribution in [0.4, 0.5) is 4.39 Å². The van der Waals surface area contributed by atoms with Crippen LogP contribution in [0.25, 0.3) is 0 Å². The van der Waals surface area contributed by atoms with Crippen LogP contribution in [0.15, 0.2) is 37.9 Å². The Balaban J connectivity index is 1.18. The normalized spacial score (nSPS) is 21.7. The minimum Gasteiger partial charge on any atom is -0.481 e. The summed E-state index contributed by atoms with van der Waals surface area (Å²) in [4.78, 5) is 57.8. The van der Waals surface area contributed by atoms with E-state index in [-0.39, 0.29) is 66.9 Å². The Labute approximate surface area is 253 Å². The zero-order valence-corrected chi connectivity index (χ0v) is 25.2. The molecule has 1 aromatic carbocycles. The number of halogens is 1. The fourth-order valence-electron chi connectivity index (χ4n) is 6.82. The number of aromatic nitrogens is 1. The van der Waals surface area contributed by atoms with Gasteiger partial charge in [0.05, 0.1) is 18.7 Å². The molecule has 0 saturated heterocycles. The Kier molecular flexibility index (Phi) is 7.67. The predicted molar refractivity (Wildman–Crippen MR) is 153 cm³/mol. The molecule has 3 aromatic rings. The van der Waals surface area contributed by atoms with E-state index >= 15 is 4.39 Å². The van der Waals surface area contributed by atoms with Crippen LogP contribution in [-0.4, -0.2) is 41.2 Å². The maximum atomic E-state index is 15.2. The van der Waals surface area contributed by atoms with Crippen molar-refractivity contribution in [1.82, 2.24) is 9.88 Å². The molecule has 0 bridgehead atoms. The van der Waals surface area contributed by atoms with Crippen molar-refractivity contribution in [2.75, 3.05) is 13.7 Å². The van der Waals surface area contributed by atoms with Gasteiger partial charge in [-0.05, 0) is 66.8 Å². The van der Waals surface area contributed by atoms with Crippen LogP contribution in [0.2, 0.25) is 0 Å². The van der Waals surface area contributed by atoms with Gasteiger partial charge in [-0.2, -0.15) is 0 Å². The number of carbonyl (C=O) groups excluding carboxylic acids is 3. The second-order valence-electron chi connectivity index (χ2n) is 12.6. The molecular weight excluding hydrogens is 571 g/mol. The van der Waals surface area contributed by atoms with E-state index in [1.165, 1.54) is 20.1 Å². The first-order valence-corrected chi connectivity index (χ1v) is 14.9. The van der Waals surface area contributed by atoms with E-state index in [9.17, 15) is 19.2 Å². The summed E-state index contributed by atoms with van der Waals surface area (Å²) in [5.74, 6) is -2.24. The van der Waals surface area contributed by atoms with Crippen LogP contribution in [0.3, 0.4) is 0 Å². The first kappa shape index (κ1) is 29.8. The summed E-state index contributed by atoms with van der Waals surface area (Å²) in [6, 6.07) is 5.92. The fourth-order valence-corrected chi connectivity index (χ4v) is 6.82. The Morgan fingerprint density at radius 3 is 2.59 bits per heavy atom. The molecule has 232 valence electrons. The zero-order chi connectivity index (χ0) is 31.3. The summed E-state index contributed by atoms with van der Waals surface area (Å²) < 4.78 is 35.5. The van der Waals surface area contributed by atoms with Gasteiger partial charge in [-0.1, -0.05) is 19.9 Å². The molecule has 6 rings (SSSR count). The third kappa shape index (κ3) is 5.44. The van der Waals surface area contributed by atoms with Crippen LogP contribution >= 0.6 is 0 Å². The molecule has 3 heterocycles. The second kappa shape index (κ2) is 11.3. The summed E-state index contributed by atoms with van der Waals surface area (Å²) in [5, 5.41) is 0. The molecule has 11 heteroatoms. The molecule has 2 aromatic heterocycles. The molecule has 1 unspecified atom stereocenters. The van der Waals surface area contributed by atoms with E-state index in [2.05, 4.69) is 4.98 Å². The molecule has 10 nitrogen and oxygen atoms in total. The Hall–Kier alpha value is -4.28. The average molecular weight is 607 g/mol. The van der Waals surface area contributed by atoms with Gasteiger partial charge < -0.3 is 23.2 Å². The number of carbonyl (C=O) groups is 3. The number of hydrogen-bond donors (Lipinski definition) is 0. The number of methoxy groups -OCH3 is 1. The lowest BCUT2D eigenvalue weighted by molar-refractivity contribution is -0.160. The van der Waals surface area contributed by atoms with Crippen LogP contribution < -0.4 is 10.6 Å². The van der Waals surface area contributed by atoms with Gasteiger partial charge in [-0.3, -0.25) is 14.4 Å². The van der Waals surface area contributed by atoms with E-state index in [1.807, 2.05) is 19.9 Å². The number of hydrogen-bond acceptors (Lipinski definition) is 9. The summed E-state index contributed by atoms with van der Waals surface area (Å²) in [5.41, 5.74) is 3.29. The van der Waals surface area contributed by atoms with Crippen molar-refractivity contribution in [3.8, 4) is 5.88 Å². The van der Waals surface area contributed by atoms with E-state index in [0.717, 1.165) is 18.4 Å². The van der Waals surface area contributed by atoms with Crippen LogP contribution in [0, 0.1) is 24.6 Å². The number of pyridine rings is 1. The lowest BCUT2D eigenvalue weighted by Gasteiger charge is -2.41. The van der Waals surface area contributed by atoms with E-state index < -0.39 is 29.7 Å². The van der Waals surface area contributed by atoms with Gasteiger partial charge in [-0.25, -0.2) is 14.2 Å². The Bertz CT molecular complexity index is 1700. The minimum absolute atomic E-state index is 0.0340. The number of nitrogens with zero attached hydrogens (tertiary/aromatic N) is 2. The highest BCUT2D eigenvalue weighted by Crippen LogP contribution is 2.42. The quantitative estimate of drug-likeness (QED) is 0.344. The van der Waals surface area contributed by atoms with E-state index in [0.29, 0.717) is 34.7 Å². The molecule has 2 aliphatic carbocycles. The van der Waals surface area contributed by atoms with Gasteiger partial charge in [0.2, 0.25) is 11.8 Å². The lowest BCUT2D eigenvalue weighted by Crippen LogP contribution is -2.50. The highest BCUT2D eigenvalue weighted by atomic mass is 19.1. The largest absolute Gasteiger partial charge is 0.519 e. The molecule has 1 amide bonds. The number of benzene rings is 1. The second-order valence-corrected chi connectivity index (χ2v) is 12.6. The molecule has 0 N–H and O–H groups in total. The molecule has 1 aliphatic heterocycles. The van der Waals surface area contributed by atoms with E-state index in [4.69, 9.17) is 18.3 Å². The highest BCUT2D eigenvalue weighted by Gasteiger charge is 2.45. The summed E-state index contributed by atoms with van der Waals surface area (Å²) in [7, 11) is 1.52. The lowest BCUT2D eigenvalue weighted by atomic mass is 9.73. The maximum Gasteiger partial charge on any atom is 0.519 e. The zero-order valence-electron chi connectivity index (χ0n) is 25.2. The first-order chi connectivity index (χ1) is 20.9. The van der Waals surface area contributed by atoms with Crippen LogP contribution in [0.5, 0.6) is 5.88 Å². The van der Waals surface area contributed by atoms with Crippen LogP contribution in [-0.2, 0) is 50.4 Å². The van der Waals surface area contributed by atoms with E-state index in [1.54, 1.807) is 17.0 Å². The van der Waals surface area contributed by atoms with Crippen molar-refractivity contribution >= 4 is 17.7 Å². The number of aryl methyl sites for hydroxylation is 2. The van der Waals surface area contributed by atoms with Crippen molar-refractivity contribution in [1.29, 1.82) is 0 Å². The van der Waals surface area contributed by atoms with Gasteiger partial charge >= 0.3 is 11.8 Å².